The van der Waals surface area contributed by atoms with Crippen molar-refractivity contribution in [3.63, 3.8) is 0 Å². The highest BCUT2D eigenvalue weighted by atomic mass is 15.5. The highest BCUT2D eigenvalue weighted by Crippen LogP contribution is 2.36. The van der Waals surface area contributed by atoms with E-state index in [1.54, 1.807) is 0 Å². The van der Waals surface area contributed by atoms with E-state index in [1.807, 2.05) is 35.0 Å². The molecule has 0 bridgehead atoms. The molecule has 2 aliphatic rings. The molecule has 0 amide bonds. The fraction of sp³-hybridized carbons (Fsp3) is 0.231. The third kappa shape index (κ3) is 1.45. The molecule has 1 fully saturated rings. The van der Waals surface area contributed by atoms with Crippen molar-refractivity contribution in [2.24, 2.45) is 0 Å². The standard InChI is InChI=1S/C11H12N4.C2H4/c1-14-9-6-7-4-2-3-5-8(7)15(9)11(13)10(14)12;1-2/h2-5,9,12-13H,6H2,1H3;1-2H2. The number of anilines is 1. The summed E-state index contributed by atoms with van der Waals surface area (Å²) in [7, 11) is 1.88. The first-order valence-electron chi connectivity index (χ1n) is 5.47. The number of hydrogen-bond donors (Lipinski definition) is 2. The van der Waals surface area contributed by atoms with Crippen molar-refractivity contribution in [1.82, 2.24) is 4.90 Å². The lowest BCUT2D eigenvalue weighted by Gasteiger charge is -2.20. The highest BCUT2D eigenvalue weighted by molar-refractivity contribution is 6.45. The SMILES string of the molecule is C=C.CN1C(=N)C(=N)N2c3ccccc3CC12. The molecule has 4 nitrogen and oxygen atoms in total. The predicted octanol–water partition coefficient (Wildman–Crippen LogP) is 2.08. The second-order valence-corrected chi connectivity index (χ2v) is 3.99. The van der Waals surface area contributed by atoms with Gasteiger partial charge >= 0.3 is 0 Å². The Labute approximate surface area is 101 Å². The summed E-state index contributed by atoms with van der Waals surface area (Å²) < 4.78 is 0. The number of benzene rings is 1. The van der Waals surface area contributed by atoms with Crippen molar-refractivity contribution >= 4 is 17.4 Å². The maximum atomic E-state index is 7.90. The minimum absolute atomic E-state index is 0.141. The molecule has 0 aliphatic carbocycles. The van der Waals surface area contributed by atoms with Gasteiger partial charge in [-0.15, -0.1) is 13.2 Å². The van der Waals surface area contributed by atoms with Crippen LogP contribution in [0.4, 0.5) is 5.69 Å². The Morgan fingerprint density at radius 3 is 2.53 bits per heavy atom. The van der Waals surface area contributed by atoms with E-state index >= 15 is 0 Å². The number of hydrogen-bond acceptors (Lipinski definition) is 2. The molecule has 4 heteroatoms. The van der Waals surface area contributed by atoms with Crippen LogP contribution in [-0.4, -0.2) is 29.8 Å². The third-order valence-corrected chi connectivity index (χ3v) is 3.22. The van der Waals surface area contributed by atoms with Crippen LogP contribution < -0.4 is 4.90 Å². The van der Waals surface area contributed by atoms with Crippen LogP contribution in [0.1, 0.15) is 5.56 Å². The average molecular weight is 228 g/mol. The van der Waals surface area contributed by atoms with Crippen molar-refractivity contribution in [3.05, 3.63) is 43.0 Å². The van der Waals surface area contributed by atoms with Gasteiger partial charge in [-0.2, -0.15) is 0 Å². The normalized spacial score (nSPS) is 20.9. The van der Waals surface area contributed by atoms with E-state index in [2.05, 4.69) is 19.2 Å². The largest absolute Gasteiger partial charge is 0.336 e. The van der Waals surface area contributed by atoms with Crippen LogP contribution in [0.15, 0.2) is 37.4 Å². The highest BCUT2D eigenvalue weighted by Gasteiger charge is 2.43. The zero-order valence-electron chi connectivity index (χ0n) is 9.90. The Bertz CT molecular complexity index is 480. The smallest absolute Gasteiger partial charge is 0.170 e. The minimum Gasteiger partial charge on any atom is -0.336 e. The summed E-state index contributed by atoms with van der Waals surface area (Å²) in [5.41, 5.74) is 2.35. The maximum absolute atomic E-state index is 7.90. The zero-order chi connectivity index (χ0) is 12.6. The zero-order valence-corrected chi connectivity index (χ0v) is 9.90. The van der Waals surface area contributed by atoms with Gasteiger partial charge in [0.05, 0.1) is 0 Å². The molecule has 0 aromatic heterocycles. The number of fused-ring (bicyclic) bond motifs is 3. The lowest BCUT2D eigenvalue weighted by molar-refractivity contribution is 0.409. The molecule has 88 valence electrons. The van der Waals surface area contributed by atoms with Crippen LogP contribution in [0, 0.1) is 10.8 Å². The minimum atomic E-state index is 0.141. The molecule has 3 rings (SSSR count). The first kappa shape index (κ1) is 11.4. The van der Waals surface area contributed by atoms with E-state index in [-0.39, 0.29) is 6.17 Å². The molecule has 0 saturated carbocycles. The number of nitrogens with zero attached hydrogens (tertiary/aromatic N) is 2. The van der Waals surface area contributed by atoms with Crippen molar-refractivity contribution < 1.29 is 0 Å². The molecule has 2 N–H and O–H groups in total. The molecule has 1 saturated heterocycles. The molecule has 1 aromatic carbocycles. The van der Waals surface area contributed by atoms with Gasteiger partial charge in [0.1, 0.15) is 6.17 Å². The Morgan fingerprint density at radius 1 is 1.18 bits per heavy atom. The van der Waals surface area contributed by atoms with Gasteiger partial charge in [-0.25, -0.2) is 0 Å². The van der Waals surface area contributed by atoms with Crippen molar-refractivity contribution in [2.75, 3.05) is 11.9 Å². The summed E-state index contributed by atoms with van der Waals surface area (Å²) in [6, 6.07) is 8.13. The van der Waals surface area contributed by atoms with Gasteiger partial charge in [-0.1, -0.05) is 18.2 Å². The van der Waals surface area contributed by atoms with Gasteiger partial charge in [-0.3, -0.25) is 10.8 Å². The second-order valence-electron chi connectivity index (χ2n) is 3.99. The van der Waals surface area contributed by atoms with Gasteiger partial charge in [0.25, 0.3) is 0 Å². The van der Waals surface area contributed by atoms with Gasteiger partial charge in [0.2, 0.25) is 0 Å². The summed E-state index contributed by atoms with van der Waals surface area (Å²) in [6.45, 7) is 6.00. The number of rotatable bonds is 0. The molecule has 1 aromatic rings. The van der Waals surface area contributed by atoms with E-state index in [9.17, 15) is 0 Å². The molecule has 17 heavy (non-hydrogen) atoms. The summed E-state index contributed by atoms with van der Waals surface area (Å²) >= 11 is 0. The molecular formula is C13H16N4. The number of amidine groups is 2. The average Bonchev–Trinajstić information content (AvgIpc) is 2.85. The maximum Gasteiger partial charge on any atom is 0.170 e. The molecule has 1 atom stereocenters. The first-order chi connectivity index (χ1) is 8.20. The fourth-order valence-corrected chi connectivity index (χ4v) is 2.38. The van der Waals surface area contributed by atoms with Crippen LogP contribution in [0.5, 0.6) is 0 Å². The Kier molecular flexibility index (Phi) is 2.71. The third-order valence-electron chi connectivity index (χ3n) is 3.22. The van der Waals surface area contributed by atoms with E-state index < -0.39 is 0 Å². The Hall–Kier alpha value is -2.10. The molecule has 0 radical (unpaired) electrons. The van der Waals surface area contributed by atoms with Crippen LogP contribution in [0.25, 0.3) is 0 Å². The number of para-hydroxylation sites is 1. The number of likely N-dealkylation sites (N-methyl/N-ethyl adjacent to an activating group) is 1. The van der Waals surface area contributed by atoms with Crippen LogP contribution in [0.3, 0.4) is 0 Å². The summed E-state index contributed by atoms with van der Waals surface area (Å²) in [6.07, 6.45) is 1.04. The monoisotopic (exact) mass is 228 g/mol. The quantitative estimate of drug-likeness (QED) is 0.668. The summed E-state index contributed by atoms with van der Waals surface area (Å²) in [5, 5.41) is 15.7. The predicted molar refractivity (Wildman–Crippen MR) is 70.9 cm³/mol. The lowest BCUT2D eigenvalue weighted by Crippen LogP contribution is -2.35. The second kappa shape index (κ2) is 4.05. The van der Waals surface area contributed by atoms with Gasteiger partial charge in [-0.05, 0) is 11.6 Å². The lowest BCUT2D eigenvalue weighted by atomic mass is 10.1. The molecular weight excluding hydrogens is 212 g/mol. The van der Waals surface area contributed by atoms with E-state index in [1.165, 1.54) is 5.56 Å². The molecule has 0 spiro atoms. The van der Waals surface area contributed by atoms with E-state index in [0.29, 0.717) is 11.7 Å². The fourth-order valence-electron chi connectivity index (χ4n) is 2.38. The van der Waals surface area contributed by atoms with Crippen molar-refractivity contribution in [3.8, 4) is 0 Å². The van der Waals surface area contributed by atoms with Gasteiger partial charge < -0.3 is 9.80 Å². The van der Waals surface area contributed by atoms with Gasteiger partial charge in [0.15, 0.2) is 11.7 Å². The first-order valence-corrected chi connectivity index (χ1v) is 5.47. The van der Waals surface area contributed by atoms with Crippen molar-refractivity contribution in [1.29, 1.82) is 10.8 Å². The Morgan fingerprint density at radius 2 is 1.82 bits per heavy atom. The van der Waals surface area contributed by atoms with Crippen molar-refractivity contribution in [2.45, 2.75) is 12.6 Å². The van der Waals surface area contributed by atoms with Crippen LogP contribution in [0.2, 0.25) is 0 Å². The molecule has 2 aliphatic heterocycles. The molecule has 2 heterocycles. The van der Waals surface area contributed by atoms with E-state index in [4.69, 9.17) is 10.8 Å². The van der Waals surface area contributed by atoms with E-state index in [0.717, 1.165) is 12.1 Å². The van der Waals surface area contributed by atoms with Crippen LogP contribution >= 0.6 is 0 Å². The topological polar surface area (TPSA) is 54.2 Å². The number of nitrogens with one attached hydrogen (secondary N) is 2. The summed E-state index contributed by atoms with van der Waals surface area (Å²) in [4.78, 5) is 3.81. The van der Waals surface area contributed by atoms with Gasteiger partial charge in [0, 0.05) is 19.2 Å². The Balaban J connectivity index is 0.000000514. The summed E-state index contributed by atoms with van der Waals surface area (Å²) in [5.74, 6) is 0.627. The van der Waals surface area contributed by atoms with Crippen LogP contribution in [-0.2, 0) is 6.42 Å². The molecule has 1 unspecified atom stereocenters.